The quantitative estimate of drug-likeness (QED) is 0.704. The fraction of sp³-hybridized carbons (Fsp3) is 0.150. The number of para-hydroxylation sites is 1. The molecule has 3 aromatic rings. The molecular formula is C20H18N4O3. The summed E-state index contributed by atoms with van der Waals surface area (Å²) in [4.78, 5) is 25.9. The molecule has 0 atom stereocenters. The van der Waals surface area contributed by atoms with Crippen molar-refractivity contribution in [1.29, 1.82) is 0 Å². The molecule has 2 amide bonds. The second-order valence-corrected chi connectivity index (χ2v) is 6.22. The summed E-state index contributed by atoms with van der Waals surface area (Å²) in [5.74, 6) is 0.264. The third-order valence-electron chi connectivity index (χ3n) is 4.56. The molecule has 7 heteroatoms. The highest BCUT2D eigenvalue weighted by Crippen LogP contribution is 2.26. The van der Waals surface area contributed by atoms with Crippen LogP contribution in [-0.4, -0.2) is 39.6 Å². The van der Waals surface area contributed by atoms with Crippen molar-refractivity contribution in [2.45, 2.75) is 6.92 Å². The largest absolute Gasteiger partial charge is 0.474 e. The number of amides is 2. The van der Waals surface area contributed by atoms with E-state index in [9.17, 15) is 9.59 Å². The van der Waals surface area contributed by atoms with Crippen LogP contribution in [0.4, 0.5) is 5.82 Å². The average molecular weight is 362 g/mol. The first kappa shape index (κ1) is 16.8. The van der Waals surface area contributed by atoms with Crippen LogP contribution in [0.3, 0.4) is 0 Å². The Labute approximate surface area is 156 Å². The number of rotatable bonds is 5. The molecule has 0 saturated carbocycles. The highest BCUT2D eigenvalue weighted by atomic mass is 16.5. The summed E-state index contributed by atoms with van der Waals surface area (Å²) in [5, 5.41) is 4.40. The van der Waals surface area contributed by atoms with Crippen molar-refractivity contribution in [2.75, 3.05) is 18.9 Å². The van der Waals surface area contributed by atoms with Crippen molar-refractivity contribution >= 4 is 17.6 Å². The summed E-state index contributed by atoms with van der Waals surface area (Å²) >= 11 is 0. The molecule has 1 aliphatic heterocycles. The predicted octanol–water partition coefficient (Wildman–Crippen LogP) is 2.44. The molecule has 2 heterocycles. The van der Waals surface area contributed by atoms with Gasteiger partial charge < -0.3 is 10.5 Å². The van der Waals surface area contributed by atoms with Gasteiger partial charge in [-0.2, -0.15) is 0 Å². The molecule has 1 aromatic heterocycles. The molecule has 2 aromatic carbocycles. The van der Waals surface area contributed by atoms with Crippen molar-refractivity contribution in [3.05, 3.63) is 71.3 Å². The van der Waals surface area contributed by atoms with Crippen molar-refractivity contribution < 1.29 is 14.3 Å². The van der Waals surface area contributed by atoms with Crippen LogP contribution in [0.2, 0.25) is 0 Å². The summed E-state index contributed by atoms with van der Waals surface area (Å²) in [5.41, 5.74) is 8.52. The summed E-state index contributed by atoms with van der Waals surface area (Å²) in [6.07, 6.45) is 0. The number of aromatic nitrogens is 2. The lowest BCUT2D eigenvalue weighted by atomic mass is 10.1. The third kappa shape index (κ3) is 2.83. The van der Waals surface area contributed by atoms with Crippen LogP contribution in [0.25, 0.3) is 5.69 Å². The van der Waals surface area contributed by atoms with Crippen LogP contribution in [0, 0.1) is 6.92 Å². The van der Waals surface area contributed by atoms with Crippen molar-refractivity contribution in [1.82, 2.24) is 14.7 Å². The fourth-order valence-electron chi connectivity index (χ4n) is 3.07. The molecular weight excluding hydrogens is 344 g/mol. The van der Waals surface area contributed by atoms with Gasteiger partial charge in [0.1, 0.15) is 12.4 Å². The summed E-state index contributed by atoms with van der Waals surface area (Å²) in [7, 11) is 0. The number of nitrogens with two attached hydrogens (primary N) is 1. The number of nitrogen functional groups attached to an aromatic ring is 1. The SMILES string of the molecule is Cc1c(OCCN2C(=O)c3ccccc3C2=O)nn(-c2ccccc2)c1N. The van der Waals surface area contributed by atoms with Gasteiger partial charge in [-0.25, -0.2) is 4.68 Å². The topological polar surface area (TPSA) is 90.5 Å². The lowest BCUT2D eigenvalue weighted by Gasteiger charge is -2.13. The number of nitrogens with zero attached hydrogens (tertiary/aromatic N) is 3. The lowest BCUT2D eigenvalue weighted by molar-refractivity contribution is 0.0630. The van der Waals surface area contributed by atoms with Crippen LogP contribution in [-0.2, 0) is 0 Å². The minimum absolute atomic E-state index is 0.136. The Morgan fingerprint density at radius 1 is 0.963 bits per heavy atom. The average Bonchev–Trinajstić information content (AvgIpc) is 3.12. The van der Waals surface area contributed by atoms with Crippen molar-refractivity contribution in [3.8, 4) is 11.6 Å². The van der Waals surface area contributed by atoms with Crippen LogP contribution >= 0.6 is 0 Å². The molecule has 0 fully saturated rings. The third-order valence-corrected chi connectivity index (χ3v) is 4.56. The Hall–Kier alpha value is -3.61. The van der Waals surface area contributed by atoms with Gasteiger partial charge in [-0.15, -0.1) is 5.10 Å². The summed E-state index contributed by atoms with van der Waals surface area (Å²) in [6.45, 7) is 2.10. The first-order valence-corrected chi connectivity index (χ1v) is 8.56. The Balaban J connectivity index is 1.46. The molecule has 0 saturated heterocycles. The van der Waals surface area contributed by atoms with Crippen LogP contribution in [0.15, 0.2) is 54.6 Å². The van der Waals surface area contributed by atoms with E-state index in [1.54, 1.807) is 28.9 Å². The molecule has 0 spiro atoms. The number of anilines is 1. The molecule has 0 aliphatic carbocycles. The van der Waals surface area contributed by atoms with Crippen LogP contribution in [0.5, 0.6) is 5.88 Å². The Bertz CT molecular complexity index is 992. The standard InChI is InChI=1S/C20H18N4O3/c1-13-17(21)24(14-7-3-2-4-8-14)22-18(13)27-12-11-23-19(25)15-9-5-6-10-16(15)20(23)26/h2-10H,11-12,21H2,1H3. The first-order valence-electron chi connectivity index (χ1n) is 8.56. The summed E-state index contributed by atoms with van der Waals surface area (Å²) < 4.78 is 7.32. The number of hydrogen-bond donors (Lipinski definition) is 1. The number of ether oxygens (including phenoxy) is 1. The predicted molar refractivity (Wildman–Crippen MR) is 100 cm³/mol. The van der Waals surface area contributed by atoms with Gasteiger partial charge >= 0.3 is 0 Å². The van der Waals surface area contributed by atoms with E-state index in [4.69, 9.17) is 10.5 Å². The number of fused-ring (bicyclic) bond motifs is 1. The van der Waals surface area contributed by atoms with E-state index in [0.717, 1.165) is 5.69 Å². The lowest BCUT2D eigenvalue weighted by Crippen LogP contribution is -2.33. The molecule has 1 aliphatic rings. The smallest absolute Gasteiger partial charge is 0.261 e. The van der Waals surface area contributed by atoms with Gasteiger partial charge in [-0.3, -0.25) is 14.5 Å². The Morgan fingerprint density at radius 2 is 1.56 bits per heavy atom. The monoisotopic (exact) mass is 362 g/mol. The maximum absolute atomic E-state index is 12.4. The molecule has 4 rings (SSSR count). The zero-order valence-corrected chi connectivity index (χ0v) is 14.8. The molecule has 2 N–H and O–H groups in total. The molecule has 136 valence electrons. The van der Waals surface area contributed by atoms with Gasteiger partial charge in [-0.05, 0) is 31.2 Å². The second-order valence-electron chi connectivity index (χ2n) is 6.22. The Kier molecular flexibility index (Phi) is 4.12. The zero-order chi connectivity index (χ0) is 19.0. The molecule has 0 unspecified atom stereocenters. The minimum atomic E-state index is -0.301. The maximum atomic E-state index is 12.4. The highest BCUT2D eigenvalue weighted by Gasteiger charge is 2.34. The van der Waals surface area contributed by atoms with Crippen LogP contribution < -0.4 is 10.5 Å². The zero-order valence-electron chi connectivity index (χ0n) is 14.8. The van der Waals surface area contributed by atoms with E-state index < -0.39 is 0 Å². The van der Waals surface area contributed by atoms with Gasteiger partial charge in [0.05, 0.1) is 28.9 Å². The number of imide groups is 1. The van der Waals surface area contributed by atoms with Crippen molar-refractivity contribution in [2.24, 2.45) is 0 Å². The van der Waals surface area contributed by atoms with E-state index in [1.807, 2.05) is 37.3 Å². The summed E-state index contributed by atoms with van der Waals surface area (Å²) in [6, 6.07) is 16.3. The van der Waals surface area contributed by atoms with Crippen LogP contribution in [0.1, 0.15) is 26.3 Å². The van der Waals surface area contributed by atoms with E-state index >= 15 is 0 Å². The number of hydrogen-bond acceptors (Lipinski definition) is 5. The molecule has 0 radical (unpaired) electrons. The van der Waals surface area contributed by atoms with Gasteiger partial charge in [0.25, 0.3) is 11.8 Å². The fourth-order valence-corrected chi connectivity index (χ4v) is 3.07. The minimum Gasteiger partial charge on any atom is -0.474 e. The molecule has 0 bridgehead atoms. The van der Waals surface area contributed by atoms with Gasteiger partial charge in [0.15, 0.2) is 0 Å². The van der Waals surface area contributed by atoms with E-state index in [-0.39, 0.29) is 25.0 Å². The Morgan fingerprint density at radius 3 is 2.19 bits per heavy atom. The number of carbonyl (C=O) groups is 2. The molecule has 7 nitrogen and oxygen atoms in total. The van der Waals surface area contributed by atoms with Crippen molar-refractivity contribution in [3.63, 3.8) is 0 Å². The maximum Gasteiger partial charge on any atom is 0.261 e. The van der Waals surface area contributed by atoms with E-state index in [0.29, 0.717) is 28.4 Å². The molecule has 27 heavy (non-hydrogen) atoms. The van der Waals surface area contributed by atoms with Gasteiger partial charge in [0.2, 0.25) is 5.88 Å². The van der Waals surface area contributed by atoms with E-state index in [1.165, 1.54) is 4.90 Å². The normalized spacial score (nSPS) is 13.1. The van der Waals surface area contributed by atoms with Gasteiger partial charge in [-0.1, -0.05) is 30.3 Å². The second kappa shape index (κ2) is 6.60. The number of carbonyl (C=O) groups excluding carboxylic acids is 2. The number of benzene rings is 2. The van der Waals surface area contributed by atoms with E-state index in [2.05, 4.69) is 5.10 Å². The first-order chi connectivity index (χ1) is 13.1. The van der Waals surface area contributed by atoms with Gasteiger partial charge in [0, 0.05) is 0 Å². The highest BCUT2D eigenvalue weighted by molar-refractivity contribution is 6.21.